The SMILES string of the molecule is Br.CC(C)(C)OC(=O)Cc1ccccc1OCc1cc(Br)cc(C[PH](c2ccccc2)(c2ccccc2)c2ccccc2)c1. The first kappa shape index (κ1) is 33.6. The summed E-state index contributed by atoms with van der Waals surface area (Å²) in [5.74, 6) is 0.425. The van der Waals surface area contributed by atoms with Crippen LogP contribution in [-0.4, -0.2) is 11.6 Å². The summed E-state index contributed by atoms with van der Waals surface area (Å²) < 4.78 is 12.9. The molecule has 0 fully saturated rings. The molecule has 0 N–H and O–H groups in total. The topological polar surface area (TPSA) is 35.5 Å². The molecule has 0 radical (unpaired) electrons. The maximum atomic E-state index is 12.5. The van der Waals surface area contributed by atoms with Crippen molar-refractivity contribution in [2.75, 3.05) is 0 Å². The van der Waals surface area contributed by atoms with E-state index in [1.54, 1.807) is 0 Å². The third-order valence-electron chi connectivity index (χ3n) is 7.41. The van der Waals surface area contributed by atoms with E-state index in [0.717, 1.165) is 21.8 Å². The van der Waals surface area contributed by atoms with Gasteiger partial charge in [0.15, 0.2) is 0 Å². The number of para-hydroxylation sites is 1. The molecule has 0 unspecified atom stereocenters. The van der Waals surface area contributed by atoms with Crippen molar-refractivity contribution >= 4 is 62.1 Å². The van der Waals surface area contributed by atoms with Crippen LogP contribution in [0.25, 0.3) is 0 Å². The first-order valence-corrected chi connectivity index (χ1v) is 17.6. The van der Waals surface area contributed by atoms with Crippen molar-refractivity contribution in [2.45, 2.75) is 45.6 Å². The second-order valence-corrected chi connectivity index (χ2v) is 16.6. The number of halogens is 2. The number of hydrogen-bond donors (Lipinski definition) is 0. The number of carbonyl (C=O) groups excluding carboxylic acids is 1. The van der Waals surface area contributed by atoms with E-state index in [4.69, 9.17) is 9.47 Å². The van der Waals surface area contributed by atoms with Crippen molar-refractivity contribution in [3.63, 3.8) is 0 Å². The van der Waals surface area contributed by atoms with Gasteiger partial charge in [0.25, 0.3) is 0 Å². The first-order chi connectivity index (χ1) is 20.7. The Kier molecular flexibility index (Phi) is 11.6. The molecule has 5 aromatic rings. The van der Waals surface area contributed by atoms with Crippen LogP contribution in [0.1, 0.15) is 37.5 Å². The van der Waals surface area contributed by atoms with Crippen LogP contribution in [0.4, 0.5) is 0 Å². The van der Waals surface area contributed by atoms with Crippen molar-refractivity contribution in [3.8, 4) is 5.75 Å². The summed E-state index contributed by atoms with van der Waals surface area (Å²) >= 11 is 3.79. The molecule has 0 spiro atoms. The summed E-state index contributed by atoms with van der Waals surface area (Å²) in [7, 11) is -2.46. The molecule has 0 saturated carbocycles. The molecule has 0 bridgehead atoms. The Hall–Kier alpha value is -3.24. The molecule has 0 atom stereocenters. The van der Waals surface area contributed by atoms with Crippen LogP contribution in [0.15, 0.2) is 138 Å². The Balaban J connectivity index is 0.00000442. The second kappa shape index (κ2) is 15.2. The molecule has 0 aromatic heterocycles. The van der Waals surface area contributed by atoms with E-state index >= 15 is 0 Å². The van der Waals surface area contributed by atoms with Gasteiger partial charge in [0.1, 0.15) is 0 Å². The van der Waals surface area contributed by atoms with Gasteiger partial charge in [-0.15, -0.1) is 17.0 Å². The summed E-state index contributed by atoms with van der Waals surface area (Å²) in [6.07, 6.45) is 1.06. The Bertz CT molecular complexity index is 1560. The Morgan fingerprint density at radius 2 is 1.16 bits per heavy atom. The molecule has 0 saturated heterocycles. The van der Waals surface area contributed by atoms with Gasteiger partial charge in [0.05, 0.1) is 0 Å². The van der Waals surface area contributed by atoms with Gasteiger partial charge in [-0.1, -0.05) is 0 Å². The molecule has 5 rings (SSSR count). The zero-order valence-corrected chi connectivity index (χ0v) is 29.6. The van der Waals surface area contributed by atoms with Gasteiger partial charge < -0.3 is 0 Å². The Morgan fingerprint density at radius 1 is 0.682 bits per heavy atom. The third-order valence-corrected chi connectivity index (χ3v) is 12.8. The molecule has 6 heteroatoms. The fourth-order valence-electron chi connectivity index (χ4n) is 5.67. The average Bonchev–Trinajstić information content (AvgIpc) is 2.99. The van der Waals surface area contributed by atoms with Crippen LogP contribution in [0.5, 0.6) is 5.75 Å². The van der Waals surface area contributed by atoms with Crippen LogP contribution in [0.3, 0.4) is 0 Å². The molecule has 44 heavy (non-hydrogen) atoms. The zero-order valence-electron chi connectivity index (χ0n) is 25.3. The molecule has 0 aliphatic carbocycles. The molecular weight excluding hydrogens is 695 g/mol. The molecule has 5 aromatic carbocycles. The number of ether oxygens (including phenoxy) is 2. The van der Waals surface area contributed by atoms with Crippen LogP contribution in [-0.2, 0) is 28.7 Å². The zero-order chi connectivity index (χ0) is 30.3. The van der Waals surface area contributed by atoms with Crippen molar-refractivity contribution in [1.29, 1.82) is 0 Å². The predicted molar refractivity (Wildman–Crippen MR) is 195 cm³/mol. The molecule has 228 valence electrons. The predicted octanol–water partition coefficient (Wildman–Crippen LogP) is 8.72. The standard InChI is InChI=1S/C38H38BrO3P.BrH/c1-38(2,3)42-37(40)26-31-15-13-14-22-36(31)41-27-29-23-30(25-32(39)24-29)28-43(33-16-7-4-8-17-33,34-18-9-5-10-19-34)35-20-11-6-12-21-35;/h4-25,43H,26-28H2,1-3H3;1H. The van der Waals surface area contributed by atoms with Gasteiger partial charge in [-0.3, -0.25) is 0 Å². The van der Waals surface area contributed by atoms with E-state index in [0.29, 0.717) is 12.4 Å². The molecule has 0 amide bonds. The van der Waals surface area contributed by atoms with E-state index in [-0.39, 0.29) is 29.4 Å². The van der Waals surface area contributed by atoms with E-state index in [2.05, 4.69) is 125 Å². The van der Waals surface area contributed by atoms with E-state index in [1.165, 1.54) is 21.5 Å². The van der Waals surface area contributed by atoms with Crippen LogP contribution < -0.4 is 20.7 Å². The number of benzene rings is 5. The Labute approximate surface area is 280 Å². The number of hydrogen-bond acceptors (Lipinski definition) is 3. The quantitative estimate of drug-likeness (QED) is 0.106. The summed E-state index contributed by atoms with van der Waals surface area (Å²) in [6.45, 7) is 6.02. The van der Waals surface area contributed by atoms with Crippen molar-refractivity contribution < 1.29 is 14.3 Å². The molecule has 3 nitrogen and oxygen atoms in total. The minimum absolute atomic E-state index is 0. The molecule has 0 aliphatic heterocycles. The fraction of sp³-hybridized carbons (Fsp3) is 0.184. The number of esters is 1. The number of rotatable bonds is 10. The second-order valence-electron chi connectivity index (χ2n) is 11.8. The summed E-state index contributed by atoms with van der Waals surface area (Å²) in [4.78, 5) is 12.5. The first-order valence-electron chi connectivity index (χ1n) is 14.6. The summed E-state index contributed by atoms with van der Waals surface area (Å²) in [5.41, 5.74) is 2.60. The van der Waals surface area contributed by atoms with Crippen LogP contribution >= 0.6 is 40.2 Å². The van der Waals surface area contributed by atoms with Crippen molar-refractivity contribution in [1.82, 2.24) is 0 Å². The van der Waals surface area contributed by atoms with Gasteiger partial charge >= 0.3 is 245 Å². The van der Waals surface area contributed by atoms with E-state index in [9.17, 15) is 4.79 Å². The normalized spacial score (nSPS) is 11.7. The van der Waals surface area contributed by atoms with Gasteiger partial charge in [0, 0.05) is 0 Å². The van der Waals surface area contributed by atoms with Crippen LogP contribution in [0.2, 0.25) is 0 Å². The maximum absolute atomic E-state index is 12.5. The van der Waals surface area contributed by atoms with Crippen molar-refractivity contribution in [2.24, 2.45) is 0 Å². The monoisotopic (exact) mass is 732 g/mol. The van der Waals surface area contributed by atoms with Gasteiger partial charge in [-0.25, -0.2) is 0 Å². The van der Waals surface area contributed by atoms with E-state index < -0.39 is 12.9 Å². The van der Waals surface area contributed by atoms with Crippen molar-refractivity contribution in [3.05, 3.63) is 155 Å². The minimum atomic E-state index is -2.46. The van der Waals surface area contributed by atoms with E-state index in [1.807, 2.05) is 45.0 Å². The third kappa shape index (κ3) is 8.47. The average molecular weight is 735 g/mol. The summed E-state index contributed by atoms with van der Waals surface area (Å²) in [5, 5.41) is 4.13. The fourth-order valence-corrected chi connectivity index (χ4v) is 11.0. The van der Waals surface area contributed by atoms with Gasteiger partial charge in [-0.2, -0.15) is 0 Å². The summed E-state index contributed by atoms with van der Waals surface area (Å²) in [6, 6.07) is 47.2. The Morgan fingerprint density at radius 3 is 1.68 bits per heavy atom. The number of carbonyl (C=O) groups is 1. The van der Waals surface area contributed by atoms with Gasteiger partial charge in [-0.05, 0) is 20.8 Å². The van der Waals surface area contributed by atoms with Crippen LogP contribution in [0, 0.1) is 0 Å². The molecular formula is C38H39Br2O3P. The molecule has 0 heterocycles. The molecule has 0 aliphatic rings. The van der Waals surface area contributed by atoms with Gasteiger partial charge in [0.2, 0.25) is 0 Å².